The molecule has 8 nitrogen and oxygen atoms in total. The van der Waals surface area contributed by atoms with Crippen LogP contribution < -0.4 is 28.4 Å². The molecule has 0 saturated carbocycles. The number of ether oxygens (including phenoxy) is 6. The largest absolute Gasteiger partial charge is 0.493 e. The number of carbonyl (C=O) groups excluding carboxylic acids is 2. The monoisotopic (exact) mass is 544 g/mol. The van der Waals surface area contributed by atoms with Gasteiger partial charge in [-0.25, -0.2) is 0 Å². The van der Waals surface area contributed by atoms with Gasteiger partial charge in [0.1, 0.15) is 0 Å². The molecule has 3 aromatic rings. The number of methoxy groups -OCH3 is 6. The summed E-state index contributed by atoms with van der Waals surface area (Å²) < 4.78 is 31.9. The van der Waals surface area contributed by atoms with Crippen molar-refractivity contribution in [3.8, 4) is 34.5 Å². The molecular formula is C32H32O8. The Labute approximate surface area is 234 Å². The van der Waals surface area contributed by atoms with E-state index in [0.29, 0.717) is 51.2 Å². The fraction of sp³-hybridized carbons (Fsp3) is 0.188. The molecule has 0 aromatic heterocycles. The van der Waals surface area contributed by atoms with Gasteiger partial charge in [-0.2, -0.15) is 0 Å². The van der Waals surface area contributed by atoms with Crippen molar-refractivity contribution < 1.29 is 38.0 Å². The number of rotatable bonds is 13. The molecule has 0 radical (unpaired) electrons. The van der Waals surface area contributed by atoms with Crippen molar-refractivity contribution in [2.45, 2.75) is 0 Å². The smallest absolute Gasteiger partial charge is 0.189 e. The highest BCUT2D eigenvalue weighted by Crippen LogP contribution is 2.30. The Kier molecular flexibility index (Phi) is 10.5. The summed E-state index contributed by atoms with van der Waals surface area (Å²) in [5, 5.41) is 0. The summed E-state index contributed by atoms with van der Waals surface area (Å²) in [5.41, 5.74) is 1.95. The van der Waals surface area contributed by atoms with E-state index in [-0.39, 0.29) is 5.57 Å². The molecule has 0 bridgehead atoms. The molecule has 0 heterocycles. The molecule has 3 aromatic carbocycles. The van der Waals surface area contributed by atoms with E-state index in [1.807, 2.05) is 0 Å². The molecular weight excluding hydrogens is 512 g/mol. The van der Waals surface area contributed by atoms with Crippen molar-refractivity contribution in [3.05, 3.63) is 89.0 Å². The minimum Gasteiger partial charge on any atom is -0.493 e. The lowest BCUT2D eigenvalue weighted by Crippen LogP contribution is -2.08. The van der Waals surface area contributed by atoms with E-state index >= 15 is 0 Å². The van der Waals surface area contributed by atoms with Gasteiger partial charge >= 0.3 is 0 Å². The Morgan fingerprint density at radius 2 is 0.800 bits per heavy atom. The fourth-order valence-electron chi connectivity index (χ4n) is 3.81. The zero-order valence-electron chi connectivity index (χ0n) is 23.3. The normalized spacial score (nSPS) is 10.8. The van der Waals surface area contributed by atoms with Gasteiger partial charge in [0, 0.05) is 0 Å². The SMILES string of the molecule is COc1ccc(C=C(C(=O)/C=C/c2ccc(OC)c(OC)c2)C(=O)/C=C/c2ccc(OC)c(OC)c2)cc1OC. The van der Waals surface area contributed by atoms with E-state index in [4.69, 9.17) is 28.4 Å². The standard InChI is InChI=1S/C32H32O8/c1-35-27-14-9-21(18-30(27)38-4)7-12-25(33)24(17-23-11-16-29(37-3)32(20-23)40-6)26(34)13-8-22-10-15-28(36-2)31(19-22)39-5/h7-20H,1-6H3/b12-7+,13-8+. The van der Waals surface area contributed by atoms with Crippen LogP contribution in [0.1, 0.15) is 16.7 Å². The van der Waals surface area contributed by atoms with Gasteiger partial charge in [0.15, 0.2) is 46.1 Å². The van der Waals surface area contributed by atoms with Crippen molar-refractivity contribution in [2.75, 3.05) is 42.7 Å². The molecule has 0 saturated heterocycles. The molecule has 0 unspecified atom stereocenters. The van der Waals surface area contributed by atoms with Crippen LogP contribution in [0, 0.1) is 0 Å². The average Bonchev–Trinajstić information content (AvgIpc) is 3.00. The predicted octanol–water partition coefficient (Wildman–Crippen LogP) is 5.69. The van der Waals surface area contributed by atoms with Crippen molar-refractivity contribution >= 4 is 29.8 Å². The second kappa shape index (κ2) is 14.2. The molecule has 208 valence electrons. The molecule has 8 heteroatoms. The minimum absolute atomic E-state index is 0.0410. The van der Waals surface area contributed by atoms with Crippen LogP contribution in [-0.4, -0.2) is 54.2 Å². The topological polar surface area (TPSA) is 89.5 Å². The van der Waals surface area contributed by atoms with Crippen molar-refractivity contribution in [2.24, 2.45) is 0 Å². The Morgan fingerprint density at radius 1 is 0.475 bits per heavy atom. The Bertz CT molecular complexity index is 1370. The maximum absolute atomic E-state index is 13.4. The highest BCUT2D eigenvalue weighted by molar-refractivity contribution is 6.31. The van der Waals surface area contributed by atoms with Crippen molar-refractivity contribution in [3.63, 3.8) is 0 Å². The average molecular weight is 545 g/mol. The summed E-state index contributed by atoms with van der Waals surface area (Å²) in [6, 6.07) is 15.6. The van der Waals surface area contributed by atoms with Gasteiger partial charge in [-0.3, -0.25) is 9.59 Å². The van der Waals surface area contributed by atoms with Crippen LogP contribution in [0.3, 0.4) is 0 Å². The van der Waals surface area contributed by atoms with Crippen LogP contribution in [-0.2, 0) is 9.59 Å². The molecule has 40 heavy (non-hydrogen) atoms. The van der Waals surface area contributed by atoms with E-state index in [1.165, 1.54) is 46.7 Å². The van der Waals surface area contributed by atoms with Crippen LogP contribution in [0.25, 0.3) is 18.2 Å². The van der Waals surface area contributed by atoms with Crippen LogP contribution in [0.15, 0.2) is 72.3 Å². The number of hydrogen-bond acceptors (Lipinski definition) is 8. The van der Waals surface area contributed by atoms with Gasteiger partial charge in [0.2, 0.25) is 0 Å². The summed E-state index contributed by atoms with van der Waals surface area (Å²) in [4.78, 5) is 26.7. The quantitative estimate of drug-likeness (QED) is 0.154. The molecule has 0 spiro atoms. The van der Waals surface area contributed by atoms with Crippen LogP contribution in [0.4, 0.5) is 0 Å². The second-order valence-electron chi connectivity index (χ2n) is 8.30. The molecule has 0 aliphatic heterocycles. The third-order valence-corrected chi connectivity index (χ3v) is 5.92. The molecule has 3 rings (SSSR count). The van der Waals surface area contributed by atoms with Gasteiger partial charge in [-0.05, 0) is 71.3 Å². The number of carbonyl (C=O) groups is 2. The van der Waals surface area contributed by atoms with Gasteiger partial charge in [0.05, 0.1) is 48.2 Å². The van der Waals surface area contributed by atoms with E-state index in [1.54, 1.807) is 81.0 Å². The summed E-state index contributed by atoms with van der Waals surface area (Å²) in [7, 11) is 9.20. The van der Waals surface area contributed by atoms with Gasteiger partial charge < -0.3 is 28.4 Å². The maximum Gasteiger partial charge on any atom is 0.189 e. The molecule has 0 aliphatic rings. The fourth-order valence-corrected chi connectivity index (χ4v) is 3.81. The number of benzene rings is 3. The zero-order chi connectivity index (χ0) is 29.1. The lowest BCUT2D eigenvalue weighted by atomic mass is 10.0. The molecule has 0 amide bonds. The van der Waals surface area contributed by atoms with Gasteiger partial charge in [-0.15, -0.1) is 0 Å². The van der Waals surface area contributed by atoms with E-state index in [0.717, 1.165) is 0 Å². The third kappa shape index (κ3) is 7.32. The summed E-state index contributed by atoms with van der Waals surface area (Å²) in [6.45, 7) is 0. The zero-order valence-corrected chi connectivity index (χ0v) is 23.3. The second-order valence-corrected chi connectivity index (χ2v) is 8.30. The molecule has 0 fully saturated rings. The van der Waals surface area contributed by atoms with E-state index in [9.17, 15) is 9.59 Å². The Hall–Kier alpha value is -4.98. The highest BCUT2D eigenvalue weighted by atomic mass is 16.5. The van der Waals surface area contributed by atoms with E-state index < -0.39 is 11.6 Å². The number of allylic oxidation sites excluding steroid dienone is 3. The van der Waals surface area contributed by atoms with Crippen LogP contribution in [0.2, 0.25) is 0 Å². The Morgan fingerprint density at radius 3 is 1.15 bits per heavy atom. The molecule has 0 N–H and O–H groups in total. The van der Waals surface area contributed by atoms with Gasteiger partial charge in [-0.1, -0.05) is 30.4 Å². The Balaban J connectivity index is 1.98. The molecule has 0 atom stereocenters. The summed E-state index contributed by atoms with van der Waals surface area (Å²) in [6.07, 6.45) is 7.42. The maximum atomic E-state index is 13.4. The first-order valence-corrected chi connectivity index (χ1v) is 12.2. The van der Waals surface area contributed by atoms with Gasteiger partial charge in [0.25, 0.3) is 0 Å². The first-order chi connectivity index (χ1) is 19.4. The van der Waals surface area contributed by atoms with E-state index in [2.05, 4.69) is 0 Å². The number of ketones is 2. The van der Waals surface area contributed by atoms with Crippen molar-refractivity contribution in [1.82, 2.24) is 0 Å². The highest BCUT2D eigenvalue weighted by Gasteiger charge is 2.15. The van der Waals surface area contributed by atoms with Crippen molar-refractivity contribution in [1.29, 1.82) is 0 Å². The summed E-state index contributed by atoms with van der Waals surface area (Å²) in [5.74, 6) is 2.21. The predicted molar refractivity (Wildman–Crippen MR) is 155 cm³/mol. The minimum atomic E-state index is -0.480. The van der Waals surface area contributed by atoms with Crippen LogP contribution >= 0.6 is 0 Å². The number of hydrogen-bond donors (Lipinski definition) is 0. The lowest BCUT2D eigenvalue weighted by molar-refractivity contribution is -0.116. The first-order valence-electron chi connectivity index (χ1n) is 12.2. The third-order valence-electron chi connectivity index (χ3n) is 5.92. The first kappa shape index (κ1) is 29.6. The molecule has 0 aliphatic carbocycles. The lowest BCUT2D eigenvalue weighted by Gasteiger charge is -2.09. The van der Waals surface area contributed by atoms with Crippen LogP contribution in [0.5, 0.6) is 34.5 Å². The summed E-state index contributed by atoms with van der Waals surface area (Å²) >= 11 is 0.